The molecule has 1 amide bonds. The molecule has 2 heterocycles. The molecule has 0 saturated heterocycles. The summed E-state index contributed by atoms with van der Waals surface area (Å²) in [6, 6.07) is 12.8. The smallest absolute Gasteiger partial charge is 0.252 e. The topological polar surface area (TPSA) is 59.1 Å². The standard InChI is InChI=1S/C28H30N2O2S/c1-17(31)23-13-28(14-23)15-24(16-28)30-27(32)26-19(3)33-18(2)25(26)12-20-4-6-21(7-5-20)22-8-10-29-11-9-22/h4-11,23-24H,12-16H2,1-3H3,(H,30,32). The highest BCUT2D eigenvalue weighted by molar-refractivity contribution is 7.12. The molecular weight excluding hydrogens is 428 g/mol. The molecule has 33 heavy (non-hydrogen) atoms. The Hall–Kier alpha value is -2.79. The molecular formula is C28H30N2O2S. The molecule has 2 aliphatic carbocycles. The lowest BCUT2D eigenvalue weighted by Crippen LogP contribution is -2.57. The third kappa shape index (κ3) is 4.26. The van der Waals surface area contributed by atoms with Crippen molar-refractivity contribution in [1.82, 2.24) is 10.3 Å². The van der Waals surface area contributed by atoms with Gasteiger partial charge in [-0.2, -0.15) is 0 Å². The Kier molecular flexibility index (Phi) is 5.69. The van der Waals surface area contributed by atoms with Crippen molar-refractivity contribution in [3.63, 3.8) is 0 Å². The summed E-state index contributed by atoms with van der Waals surface area (Å²) in [7, 11) is 0. The summed E-state index contributed by atoms with van der Waals surface area (Å²) < 4.78 is 0. The molecule has 0 aliphatic heterocycles. The van der Waals surface area contributed by atoms with Gasteiger partial charge in [0.1, 0.15) is 5.78 Å². The number of nitrogens with one attached hydrogen (secondary N) is 1. The van der Waals surface area contributed by atoms with Crippen LogP contribution in [0.4, 0.5) is 0 Å². The molecule has 3 aromatic rings. The molecule has 0 atom stereocenters. The van der Waals surface area contributed by atoms with E-state index in [1.807, 2.05) is 31.5 Å². The summed E-state index contributed by atoms with van der Waals surface area (Å²) in [6.45, 7) is 5.86. The zero-order chi connectivity index (χ0) is 23.2. The van der Waals surface area contributed by atoms with Crippen LogP contribution in [0.2, 0.25) is 0 Å². The van der Waals surface area contributed by atoms with Crippen LogP contribution in [0.3, 0.4) is 0 Å². The quantitative estimate of drug-likeness (QED) is 0.501. The van der Waals surface area contributed by atoms with Crippen molar-refractivity contribution >= 4 is 23.0 Å². The van der Waals surface area contributed by atoms with Crippen LogP contribution in [-0.4, -0.2) is 22.7 Å². The van der Waals surface area contributed by atoms with E-state index in [1.165, 1.54) is 16.0 Å². The normalized spacial score (nSPS) is 23.6. The highest BCUT2D eigenvalue weighted by Gasteiger charge is 2.54. The third-order valence-corrected chi connectivity index (χ3v) is 8.65. The maximum absolute atomic E-state index is 13.3. The van der Waals surface area contributed by atoms with Crippen LogP contribution in [0.25, 0.3) is 11.1 Å². The van der Waals surface area contributed by atoms with Crippen LogP contribution < -0.4 is 5.32 Å². The molecule has 1 spiro atoms. The van der Waals surface area contributed by atoms with Crippen LogP contribution in [0, 0.1) is 25.2 Å². The van der Waals surface area contributed by atoms with E-state index >= 15 is 0 Å². The van der Waals surface area contributed by atoms with Crippen molar-refractivity contribution in [3.8, 4) is 11.1 Å². The van der Waals surface area contributed by atoms with E-state index in [0.717, 1.165) is 53.7 Å². The van der Waals surface area contributed by atoms with Crippen LogP contribution in [-0.2, 0) is 11.2 Å². The minimum Gasteiger partial charge on any atom is -0.349 e. The van der Waals surface area contributed by atoms with Gasteiger partial charge in [0, 0.05) is 34.1 Å². The van der Waals surface area contributed by atoms with E-state index in [4.69, 9.17) is 0 Å². The summed E-state index contributed by atoms with van der Waals surface area (Å²) in [5, 5.41) is 3.29. The lowest BCUT2D eigenvalue weighted by Gasteiger charge is -2.57. The highest BCUT2D eigenvalue weighted by atomic mass is 32.1. The second-order valence-corrected chi connectivity index (χ2v) is 11.4. The lowest BCUT2D eigenvalue weighted by atomic mass is 9.49. The molecule has 0 radical (unpaired) electrons. The van der Waals surface area contributed by atoms with Gasteiger partial charge in [0.15, 0.2) is 0 Å². The van der Waals surface area contributed by atoms with Gasteiger partial charge in [0.2, 0.25) is 0 Å². The number of aryl methyl sites for hydroxylation is 2. The summed E-state index contributed by atoms with van der Waals surface area (Å²) in [4.78, 5) is 31.2. The van der Waals surface area contributed by atoms with Crippen molar-refractivity contribution in [2.75, 3.05) is 0 Å². The number of nitrogens with zero attached hydrogens (tertiary/aromatic N) is 1. The molecule has 1 N–H and O–H groups in total. The van der Waals surface area contributed by atoms with Gasteiger partial charge >= 0.3 is 0 Å². The summed E-state index contributed by atoms with van der Waals surface area (Å²) in [6.07, 6.45) is 8.40. The second kappa shape index (κ2) is 8.53. The van der Waals surface area contributed by atoms with Gasteiger partial charge in [-0.25, -0.2) is 0 Å². The van der Waals surface area contributed by atoms with Gasteiger partial charge in [0.05, 0.1) is 5.56 Å². The van der Waals surface area contributed by atoms with Crippen LogP contribution >= 0.6 is 11.3 Å². The maximum atomic E-state index is 13.3. The molecule has 5 heteroatoms. The minimum absolute atomic E-state index is 0.0579. The Morgan fingerprint density at radius 1 is 0.970 bits per heavy atom. The summed E-state index contributed by atoms with van der Waals surface area (Å²) >= 11 is 1.71. The molecule has 5 rings (SSSR count). The number of Topliss-reactive ketones (excluding diaryl/α,β-unsaturated/α-hetero) is 1. The van der Waals surface area contributed by atoms with Crippen molar-refractivity contribution in [2.24, 2.45) is 11.3 Å². The molecule has 4 nitrogen and oxygen atoms in total. The van der Waals surface area contributed by atoms with E-state index in [9.17, 15) is 9.59 Å². The fourth-order valence-corrected chi connectivity index (χ4v) is 6.83. The number of rotatable bonds is 6. The number of ketones is 1. The molecule has 2 aliphatic rings. The molecule has 170 valence electrons. The number of hydrogen-bond donors (Lipinski definition) is 1. The van der Waals surface area contributed by atoms with Crippen molar-refractivity contribution in [1.29, 1.82) is 0 Å². The molecule has 0 unspecified atom stereocenters. The molecule has 2 fully saturated rings. The van der Waals surface area contributed by atoms with Gasteiger partial charge in [-0.15, -0.1) is 11.3 Å². The number of aromatic nitrogens is 1. The first-order valence-electron chi connectivity index (χ1n) is 11.7. The number of carbonyl (C=O) groups excluding carboxylic acids is 2. The van der Waals surface area contributed by atoms with Crippen LogP contribution in [0.5, 0.6) is 0 Å². The maximum Gasteiger partial charge on any atom is 0.252 e. The number of thiophene rings is 1. The van der Waals surface area contributed by atoms with Gasteiger partial charge in [-0.05, 0) is 92.7 Å². The van der Waals surface area contributed by atoms with Crippen molar-refractivity contribution < 1.29 is 9.59 Å². The predicted molar refractivity (Wildman–Crippen MR) is 133 cm³/mol. The van der Waals surface area contributed by atoms with Crippen molar-refractivity contribution in [2.45, 2.75) is 58.9 Å². The summed E-state index contributed by atoms with van der Waals surface area (Å²) in [5.74, 6) is 0.624. The summed E-state index contributed by atoms with van der Waals surface area (Å²) in [5.41, 5.74) is 5.83. The first-order valence-corrected chi connectivity index (χ1v) is 12.5. The second-order valence-electron chi connectivity index (χ2n) is 9.97. The number of carbonyl (C=O) groups is 2. The predicted octanol–water partition coefficient (Wildman–Crippen LogP) is 5.90. The molecule has 1 aromatic carbocycles. The van der Waals surface area contributed by atoms with Gasteiger partial charge in [-0.3, -0.25) is 14.6 Å². The Morgan fingerprint density at radius 2 is 1.61 bits per heavy atom. The number of hydrogen-bond acceptors (Lipinski definition) is 4. The monoisotopic (exact) mass is 458 g/mol. The average Bonchev–Trinajstić information content (AvgIpc) is 3.02. The van der Waals surface area contributed by atoms with Gasteiger partial charge in [0.25, 0.3) is 5.91 Å². The molecule has 2 aromatic heterocycles. The number of pyridine rings is 1. The van der Waals surface area contributed by atoms with E-state index in [2.05, 4.69) is 41.5 Å². The number of benzene rings is 1. The van der Waals surface area contributed by atoms with Gasteiger partial charge in [-0.1, -0.05) is 24.3 Å². The first kappa shape index (κ1) is 22.0. The van der Waals surface area contributed by atoms with Gasteiger partial charge < -0.3 is 5.32 Å². The van der Waals surface area contributed by atoms with E-state index in [-0.39, 0.29) is 17.9 Å². The van der Waals surface area contributed by atoms with E-state index in [1.54, 1.807) is 18.3 Å². The lowest BCUT2D eigenvalue weighted by molar-refractivity contribution is -0.134. The van der Waals surface area contributed by atoms with Crippen LogP contribution in [0.15, 0.2) is 48.8 Å². The largest absolute Gasteiger partial charge is 0.349 e. The Labute approximate surface area is 199 Å². The SMILES string of the molecule is CC(=O)C1CC2(CC(NC(=O)c3c(C)sc(C)c3Cc3ccc(-c4ccncc4)cc3)C2)C1. The zero-order valence-corrected chi connectivity index (χ0v) is 20.3. The minimum atomic E-state index is 0.0579. The molecule has 2 saturated carbocycles. The zero-order valence-electron chi connectivity index (χ0n) is 19.5. The third-order valence-electron chi connectivity index (χ3n) is 7.59. The Bertz CT molecular complexity index is 1180. The van der Waals surface area contributed by atoms with E-state index in [0.29, 0.717) is 11.2 Å². The van der Waals surface area contributed by atoms with E-state index < -0.39 is 0 Å². The van der Waals surface area contributed by atoms with Crippen LogP contribution in [0.1, 0.15) is 63.8 Å². The highest BCUT2D eigenvalue weighted by Crippen LogP contribution is 2.58. The Balaban J connectivity index is 1.26. The van der Waals surface area contributed by atoms with Crippen molar-refractivity contribution in [3.05, 3.63) is 75.2 Å². The molecule has 0 bridgehead atoms. The fraction of sp³-hybridized carbons (Fsp3) is 0.393. The Morgan fingerprint density at radius 3 is 2.24 bits per heavy atom. The first-order chi connectivity index (χ1) is 15.8. The average molecular weight is 459 g/mol. The number of amides is 1. The fourth-order valence-electron chi connectivity index (χ4n) is 5.76.